The Kier molecular flexibility index (Phi) is 4.98. The number of aryl methyl sites for hydroxylation is 1. The number of carbonyl (C=O) groups is 1. The number of pyridine rings is 1. The number of nitrogens with one attached hydrogen (secondary N) is 2. The third kappa shape index (κ3) is 3.10. The van der Waals surface area contributed by atoms with Crippen molar-refractivity contribution < 1.29 is 4.79 Å². The second kappa shape index (κ2) is 7.82. The van der Waals surface area contributed by atoms with E-state index in [2.05, 4.69) is 52.2 Å². The summed E-state index contributed by atoms with van der Waals surface area (Å²) in [5, 5.41) is 11.6. The molecular formula is C26H33N7O. The van der Waals surface area contributed by atoms with Crippen LogP contribution in [0, 0.1) is 28.6 Å². The highest BCUT2D eigenvalue weighted by molar-refractivity contribution is 5.88. The van der Waals surface area contributed by atoms with Gasteiger partial charge in [0.2, 0.25) is 5.91 Å². The van der Waals surface area contributed by atoms with E-state index in [1.807, 2.05) is 11.9 Å². The average Bonchev–Trinajstić information content (AvgIpc) is 3.55. The van der Waals surface area contributed by atoms with Gasteiger partial charge in [-0.2, -0.15) is 5.26 Å². The molecule has 8 heteroatoms. The molecule has 3 aliphatic heterocycles. The molecule has 0 bridgehead atoms. The number of hydrazine groups is 1. The second-order valence-electron chi connectivity index (χ2n) is 10.9. The van der Waals surface area contributed by atoms with E-state index in [9.17, 15) is 10.1 Å². The van der Waals surface area contributed by atoms with Crippen molar-refractivity contribution in [1.29, 1.82) is 5.26 Å². The van der Waals surface area contributed by atoms with E-state index < -0.39 is 0 Å². The highest BCUT2D eigenvalue weighted by atomic mass is 16.2. The fourth-order valence-corrected chi connectivity index (χ4v) is 7.15. The standard InChI is InChI=1S/C26H33N7O/c1-4-21(34)33-14-26(15-33)8-10-32(13-26)25-18(11-27)23(17-7-9-31(3)24(17)29-25)22-16(2)5-6-20-19(22)12-28-30-20/h4,7,9,16,19-20,22,28,30H,1,5-6,8,10,12-15H2,2-3H3. The van der Waals surface area contributed by atoms with Crippen molar-refractivity contribution in [1.82, 2.24) is 25.3 Å². The molecule has 4 aliphatic rings. The lowest BCUT2D eigenvalue weighted by Gasteiger charge is -2.47. The van der Waals surface area contributed by atoms with Gasteiger partial charge in [-0.25, -0.2) is 4.98 Å². The van der Waals surface area contributed by atoms with Gasteiger partial charge < -0.3 is 14.4 Å². The van der Waals surface area contributed by atoms with Crippen molar-refractivity contribution in [3.8, 4) is 6.07 Å². The normalized spacial score (nSPS) is 29.8. The maximum absolute atomic E-state index is 12.0. The lowest BCUT2D eigenvalue weighted by Crippen LogP contribution is -2.59. The topological polar surface area (TPSA) is 89.2 Å². The summed E-state index contributed by atoms with van der Waals surface area (Å²) in [7, 11) is 2.04. The lowest BCUT2D eigenvalue weighted by molar-refractivity contribution is -0.136. The molecule has 1 saturated carbocycles. The maximum Gasteiger partial charge on any atom is 0.245 e. The molecule has 1 spiro atoms. The zero-order valence-electron chi connectivity index (χ0n) is 20.0. The van der Waals surface area contributed by atoms with E-state index in [1.54, 1.807) is 0 Å². The number of nitriles is 1. The molecule has 4 atom stereocenters. The predicted molar refractivity (Wildman–Crippen MR) is 131 cm³/mol. The minimum Gasteiger partial charge on any atom is -0.355 e. The summed E-state index contributed by atoms with van der Waals surface area (Å²) in [5.74, 6) is 2.11. The number of carbonyl (C=O) groups excluding carboxylic acids is 1. The Morgan fingerprint density at radius 2 is 2.18 bits per heavy atom. The minimum atomic E-state index is 0.00653. The van der Waals surface area contributed by atoms with Gasteiger partial charge in [0.05, 0.1) is 5.56 Å². The summed E-state index contributed by atoms with van der Waals surface area (Å²) in [4.78, 5) is 21.3. The number of anilines is 1. The van der Waals surface area contributed by atoms with Gasteiger partial charge in [0, 0.05) is 62.8 Å². The van der Waals surface area contributed by atoms with Crippen LogP contribution in [0.2, 0.25) is 0 Å². The van der Waals surface area contributed by atoms with Crippen LogP contribution in [0.3, 0.4) is 0 Å². The van der Waals surface area contributed by atoms with E-state index in [1.165, 1.54) is 18.1 Å². The first kappa shape index (κ1) is 21.6. The van der Waals surface area contributed by atoms with Crippen molar-refractivity contribution in [2.24, 2.45) is 24.3 Å². The van der Waals surface area contributed by atoms with Crippen LogP contribution >= 0.6 is 0 Å². The molecule has 0 radical (unpaired) electrons. The number of aromatic nitrogens is 2. The zero-order chi connectivity index (χ0) is 23.6. The Morgan fingerprint density at radius 3 is 2.94 bits per heavy atom. The van der Waals surface area contributed by atoms with Gasteiger partial charge in [0.1, 0.15) is 17.5 Å². The van der Waals surface area contributed by atoms with E-state index in [0.29, 0.717) is 23.8 Å². The van der Waals surface area contributed by atoms with Gasteiger partial charge in [-0.1, -0.05) is 13.5 Å². The molecule has 2 aromatic heterocycles. The SMILES string of the molecule is C=CC(=O)N1CC2(CCN(c3nc4c(ccn4C)c(C4C(C)CCC5NNCC54)c3C#N)C2)C1. The molecule has 1 amide bonds. The Hall–Kier alpha value is -2.89. The Bertz CT molecular complexity index is 1200. The van der Waals surface area contributed by atoms with Crippen LogP contribution in [0.1, 0.15) is 43.2 Å². The number of rotatable bonds is 3. The predicted octanol–water partition coefficient (Wildman–Crippen LogP) is 2.28. The molecule has 1 aliphatic carbocycles. The fourth-order valence-electron chi connectivity index (χ4n) is 7.15. The molecule has 4 fully saturated rings. The zero-order valence-corrected chi connectivity index (χ0v) is 20.0. The molecular weight excluding hydrogens is 426 g/mol. The van der Waals surface area contributed by atoms with Crippen LogP contribution in [-0.2, 0) is 11.8 Å². The van der Waals surface area contributed by atoms with Gasteiger partial charge in [0.25, 0.3) is 0 Å². The van der Waals surface area contributed by atoms with Crippen LogP contribution in [0.5, 0.6) is 0 Å². The molecule has 178 valence electrons. The van der Waals surface area contributed by atoms with Crippen LogP contribution in [-0.4, -0.2) is 59.1 Å². The summed E-state index contributed by atoms with van der Waals surface area (Å²) >= 11 is 0. The van der Waals surface area contributed by atoms with Crippen LogP contribution < -0.4 is 15.8 Å². The quantitative estimate of drug-likeness (QED) is 0.685. The Morgan fingerprint density at radius 1 is 1.35 bits per heavy atom. The maximum atomic E-state index is 12.0. The second-order valence-corrected chi connectivity index (χ2v) is 10.9. The number of fused-ring (bicyclic) bond motifs is 2. The third-order valence-corrected chi connectivity index (χ3v) is 8.91. The van der Waals surface area contributed by atoms with Crippen LogP contribution in [0.25, 0.3) is 11.0 Å². The van der Waals surface area contributed by atoms with Crippen molar-refractivity contribution in [2.45, 2.75) is 38.1 Å². The van der Waals surface area contributed by atoms with Crippen molar-refractivity contribution >= 4 is 22.8 Å². The third-order valence-electron chi connectivity index (χ3n) is 8.91. The highest BCUT2D eigenvalue weighted by Crippen LogP contribution is 2.49. The summed E-state index contributed by atoms with van der Waals surface area (Å²) in [6, 6.07) is 5.20. The summed E-state index contributed by atoms with van der Waals surface area (Å²) in [5.41, 5.74) is 9.85. The minimum absolute atomic E-state index is 0.00653. The van der Waals surface area contributed by atoms with Gasteiger partial charge in [-0.3, -0.25) is 15.6 Å². The van der Waals surface area contributed by atoms with Gasteiger partial charge in [0.15, 0.2) is 0 Å². The molecule has 2 aromatic rings. The van der Waals surface area contributed by atoms with Crippen LogP contribution in [0.4, 0.5) is 5.82 Å². The summed E-state index contributed by atoms with van der Waals surface area (Å²) in [6.07, 6.45) is 6.80. The number of nitrogens with zero attached hydrogens (tertiary/aromatic N) is 5. The Balaban J connectivity index is 1.42. The van der Waals surface area contributed by atoms with Gasteiger partial charge in [-0.15, -0.1) is 0 Å². The number of amides is 1. The first-order valence-electron chi connectivity index (χ1n) is 12.5. The fraction of sp³-hybridized carbons (Fsp3) is 0.577. The van der Waals surface area contributed by atoms with Crippen molar-refractivity contribution in [3.05, 3.63) is 36.0 Å². The Labute approximate surface area is 200 Å². The molecule has 6 rings (SSSR count). The van der Waals surface area contributed by atoms with E-state index in [4.69, 9.17) is 4.98 Å². The first-order valence-corrected chi connectivity index (χ1v) is 12.5. The molecule has 0 aromatic carbocycles. The largest absolute Gasteiger partial charge is 0.355 e. The van der Waals surface area contributed by atoms with E-state index in [0.717, 1.165) is 68.0 Å². The van der Waals surface area contributed by atoms with Crippen molar-refractivity contribution in [2.75, 3.05) is 37.6 Å². The van der Waals surface area contributed by atoms with Gasteiger partial charge >= 0.3 is 0 Å². The van der Waals surface area contributed by atoms with Gasteiger partial charge in [-0.05, 0) is 54.7 Å². The highest BCUT2D eigenvalue weighted by Gasteiger charge is 2.50. The summed E-state index contributed by atoms with van der Waals surface area (Å²) < 4.78 is 2.08. The number of likely N-dealkylation sites (tertiary alicyclic amines) is 1. The molecule has 34 heavy (non-hydrogen) atoms. The first-order chi connectivity index (χ1) is 16.4. The number of hydrogen-bond donors (Lipinski definition) is 2. The van der Waals surface area contributed by atoms with E-state index >= 15 is 0 Å². The monoisotopic (exact) mass is 459 g/mol. The van der Waals surface area contributed by atoms with E-state index in [-0.39, 0.29) is 11.3 Å². The molecule has 2 N–H and O–H groups in total. The smallest absolute Gasteiger partial charge is 0.245 e. The summed E-state index contributed by atoms with van der Waals surface area (Å²) in [6.45, 7) is 10.1. The molecule has 5 heterocycles. The lowest BCUT2D eigenvalue weighted by atomic mass is 9.66. The average molecular weight is 460 g/mol. The van der Waals surface area contributed by atoms with Crippen molar-refractivity contribution in [3.63, 3.8) is 0 Å². The molecule has 3 saturated heterocycles. The number of hydrogen-bond acceptors (Lipinski definition) is 6. The van der Waals surface area contributed by atoms with Crippen LogP contribution in [0.15, 0.2) is 24.9 Å². The molecule has 8 nitrogen and oxygen atoms in total. The molecule has 4 unspecified atom stereocenters.